The van der Waals surface area contributed by atoms with Gasteiger partial charge in [0.2, 0.25) is 0 Å². The molecule has 0 spiro atoms. The van der Waals surface area contributed by atoms with Crippen molar-refractivity contribution in [2.24, 2.45) is 0 Å². The molecule has 0 saturated carbocycles. The lowest BCUT2D eigenvalue weighted by Gasteiger charge is -1.99. The van der Waals surface area contributed by atoms with Crippen molar-refractivity contribution in [2.75, 3.05) is 0 Å². The second-order valence-corrected chi connectivity index (χ2v) is 3.05. The van der Waals surface area contributed by atoms with E-state index in [9.17, 15) is 4.79 Å². The maximum absolute atomic E-state index is 10.3. The maximum Gasteiger partial charge on any atom is 0.151 e. The van der Waals surface area contributed by atoms with Crippen molar-refractivity contribution in [1.29, 1.82) is 0 Å². The third-order valence-corrected chi connectivity index (χ3v) is 2.50. The van der Waals surface area contributed by atoms with E-state index in [1.165, 1.54) is 12.1 Å². The van der Waals surface area contributed by atoms with Gasteiger partial charge >= 0.3 is 0 Å². The molecule has 0 radical (unpaired) electrons. The minimum atomic E-state index is 0.203. The Morgan fingerprint density at radius 2 is 1.73 bits per heavy atom. The molecule has 0 aliphatic carbocycles. The summed E-state index contributed by atoms with van der Waals surface area (Å²) < 4.78 is 0. The molecular formula is C7H3Cl3O. The number of benzene rings is 1. The van der Waals surface area contributed by atoms with Crippen molar-refractivity contribution >= 4 is 41.1 Å². The molecule has 1 nitrogen and oxygen atoms in total. The van der Waals surface area contributed by atoms with Gasteiger partial charge in [-0.3, -0.25) is 4.79 Å². The van der Waals surface area contributed by atoms with Crippen LogP contribution in [0, 0.1) is 0 Å². The van der Waals surface area contributed by atoms with Crippen molar-refractivity contribution in [1.82, 2.24) is 0 Å². The van der Waals surface area contributed by atoms with Crippen molar-refractivity contribution < 1.29 is 4.79 Å². The first-order chi connectivity index (χ1) is 5.16. The van der Waals surface area contributed by atoms with Gasteiger partial charge in [-0.1, -0.05) is 34.8 Å². The maximum atomic E-state index is 10.3. The molecule has 0 saturated heterocycles. The number of hydrogen-bond donors (Lipinski definition) is 0. The molecule has 11 heavy (non-hydrogen) atoms. The molecule has 0 amide bonds. The minimum absolute atomic E-state index is 0.203. The zero-order chi connectivity index (χ0) is 8.43. The molecule has 0 aromatic heterocycles. The van der Waals surface area contributed by atoms with E-state index in [0.717, 1.165) is 0 Å². The van der Waals surface area contributed by atoms with Gasteiger partial charge in [0.15, 0.2) is 6.29 Å². The van der Waals surface area contributed by atoms with E-state index in [0.29, 0.717) is 16.9 Å². The first kappa shape index (κ1) is 8.85. The molecule has 58 valence electrons. The molecule has 1 aromatic rings. The first-order valence-corrected chi connectivity index (χ1v) is 3.89. The number of carbonyl (C=O) groups excluding carboxylic acids is 1. The standard InChI is InChI=1S/C7H3Cl3O/c8-5-2-1-4(3-11)6(9)7(5)10/h1-3H. The van der Waals surface area contributed by atoms with Crippen LogP contribution in [0.25, 0.3) is 0 Å². The van der Waals surface area contributed by atoms with E-state index in [1.54, 1.807) is 0 Å². The summed E-state index contributed by atoms with van der Waals surface area (Å²) in [6.45, 7) is 0. The molecule has 0 N–H and O–H groups in total. The molecule has 0 aliphatic rings. The highest BCUT2D eigenvalue weighted by molar-refractivity contribution is 6.48. The predicted octanol–water partition coefficient (Wildman–Crippen LogP) is 3.46. The fraction of sp³-hybridized carbons (Fsp3) is 0. The van der Waals surface area contributed by atoms with Gasteiger partial charge in [-0.2, -0.15) is 0 Å². The van der Waals surface area contributed by atoms with Gasteiger partial charge in [-0.25, -0.2) is 0 Å². The summed E-state index contributed by atoms with van der Waals surface area (Å²) in [6, 6.07) is 3.04. The summed E-state index contributed by atoms with van der Waals surface area (Å²) >= 11 is 16.9. The number of hydrogen-bond acceptors (Lipinski definition) is 1. The van der Waals surface area contributed by atoms with Crippen LogP contribution in [0.1, 0.15) is 10.4 Å². The summed E-state index contributed by atoms with van der Waals surface area (Å²) in [7, 11) is 0. The van der Waals surface area contributed by atoms with Crippen LogP contribution in [-0.2, 0) is 0 Å². The smallest absolute Gasteiger partial charge is 0.151 e. The van der Waals surface area contributed by atoms with Gasteiger partial charge in [0, 0.05) is 5.56 Å². The molecule has 0 aliphatic heterocycles. The SMILES string of the molecule is O=Cc1ccc(Cl)c(Cl)c1Cl. The van der Waals surface area contributed by atoms with Crippen LogP contribution in [0.4, 0.5) is 0 Å². The van der Waals surface area contributed by atoms with Gasteiger partial charge in [0.05, 0.1) is 15.1 Å². The van der Waals surface area contributed by atoms with Crippen LogP contribution in [-0.4, -0.2) is 6.29 Å². The van der Waals surface area contributed by atoms with Crippen LogP contribution in [0.5, 0.6) is 0 Å². The Labute approximate surface area is 78.9 Å². The Morgan fingerprint density at radius 1 is 1.09 bits per heavy atom. The average Bonchev–Trinajstić information content (AvgIpc) is 2.01. The molecule has 0 bridgehead atoms. The summed E-state index contributed by atoms with van der Waals surface area (Å²) in [5.41, 5.74) is 0.348. The summed E-state index contributed by atoms with van der Waals surface area (Å²) in [5.74, 6) is 0. The minimum Gasteiger partial charge on any atom is -0.298 e. The Balaban J connectivity index is 3.36. The van der Waals surface area contributed by atoms with E-state index < -0.39 is 0 Å². The highest BCUT2D eigenvalue weighted by atomic mass is 35.5. The topological polar surface area (TPSA) is 17.1 Å². The van der Waals surface area contributed by atoms with E-state index in [1.807, 2.05) is 0 Å². The van der Waals surface area contributed by atoms with Crippen molar-refractivity contribution in [2.45, 2.75) is 0 Å². The van der Waals surface area contributed by atoms with Crippen LogP contribution in [0.15, 0.2) is 12.1 Å². The van der Waals surface area contributed by atoms with Gasteiger partial charge in [0.25, 0.3) is 0 Å². The highest BCUT2D eigenvalue weighted by Crippen LogP contribution is 2.31. The van der Waals surface area contributed by atoms with E-state index in [-0.39, 0.29) is 10.0 Å². The Hall–Kier alpha value is -0.240. The summed E-state index contributed by atoms with van der Waals surface area (Å²) in [6.07, 6.45) is 0.630. The van der Waals surface area contributed by atoms with Crippen LogP contribution < -0.4 is 0 Å². The van der Waals surface area contributed by atoms with Gasteiger partial charge in [-0.05, 0) is 12.1 Å². The van der Waals surface area contributed by atoms with Crippen LogP contribution >= 0.6 is 34.8 Å². The third-order valence-electron chi connectivity index (χ3n) is 1.19. The third kappa shape index (κ3) is 1.67. The fourth-order valence-corrected chi connectivity index (χ4v) is 1.22. The Kier molecular flexibility index (Phi) is 2.77. The number of carbonyl (C=O) groups is 1. The molecule has 0 fully saturated rings. The number of halogens is 3. The summed E-state index contributed by atoms with van der Waals surface area (Å²) in [5, 5.41) is 0.773. The molecular weight excluding hydrogens is 206 g/mol. The largest absolute Gasteiger partial charge is 0.298 e. The quantitative estimate of drug-likeness (QED) is 0.511. The van der Waals surface area contributed by atoms with Crippen molar-refractivity contribution in [3.63, 3.8) is 0 Å². The zero-order valence-corrected chi connectivity index (χ0v) is 7.54. The number of aldehydes is 1. The predicted molar refractivity (Wildman–Crippen MR) is 46.9 cm³/mol. The van der Waals surface area contributed by atoms with Crippen molar-refractivity contribution in [3.8, 4) is 0 Å². The highest BCUT2D eigenvalue weighted by Gasteiger charge is 2.06. The van der Waals surface area contributed by atoms with Crippen LogP contribution in [0.2, 0.25) is 15.1 Å². The molecule has 1 aromatic carbocycles. The Morgan fingerprint density at radius 3 is 2.27 bits per heavy atom. The van der Waals surface area contributed by atoms with Crippen LogP contribution in [0.3, 0.4) is 0 Å². The second kappa shape index (κ2) is 3.44. The van der Waals surface area contributed by atoms with E-state index >= 15 is 0 Å². The molecule has 0 heterocycles. The molecule has 1 rings (SSSR count). The lowest BCUT2D eigenvalue weighted by atomic mass is 10.2. The lowest BCUT2D eigenvalue weighted by molar-refractivity contribution is 0.112. The first-order valence-electron chi connectivity index (χ1n) is 2.75. The molecule has 4 heteroatoms. The summed E-state index contributed by atoms with van der Waals surface area (Å²) in [4.78, 5) is 10.3. The van der Waals surface area contributed by atoms with Crippen molar-refractivity contribution in [3.05, 3.63) is 32.8 Å². The monoisotopic (exact) mass is 208 g/mol. The number of rotatable bonds is 1. The zero-order valence-electron chi connectivity index (χ0n) is 5.27. The van der Waals surface area contributed by atoms with E-state index in [2.05, 4.69) is 0 Å². The Bertz CT molecular complexity index is 296. The van der Waals surface area contributed by atoms with E-state index in [4.69, 9.17) is 34.8 Å². The fourth-order valence-electron chi connectivity index (χ4n) is 0.632. The van der Waals surface area contributed by atoms with Gasteiger partial charge < -0.3 is 0 Å². The lowest BCUT2D eigenvalue weighted by Crippen LogP contribution is -1.82. The molecule has 0 unspecified atom stereocenters. The average molecular weight is 209 g/mol. The second-order valence-electron chi connectivity index (χ2n) is 1.88. The van der Waals surface area contributed by atoms with Gasteiger partial charge in [-0.15, -0.1) is 0 Å². The van der Waals surface area contributed by atoms with Gasteiger partial charge in [0.1, 0.15) is 0 Å². The molecule has 0 atom stereocenters. The normalized spacial score (nSPS) is 9.73.